The minimum Gasteiger partial charge on any atom is -0.344 e. The molecule has 0 saturated carbocycles. The standard InChI is InChI=1S/C24H20F4N4O/c1-3-18(15-6-4-14(2)5-7-15)30-23(33)20-13-22-29-19(16-8-10-17(25)11-9-16)12-21(24(26,27)28)32(22)31-20/h4-13,18H,3H2,1-2H3,(H,30,33). The fraction of sp³-hybridized carbons (Fsp3) is 0.208. The molecule has 0 aliphatic heterocycles. The van der Waals surface area contributed by atoms with Crippen LogP contribution in [0.15, 0.2) is 60.7 Å². The molecule has 0 spiro atoms. The molecule has 0 radical (unpaired) electrons. The molecular weight excluding hydrogens is 436 g/mol. The quantitative estimate of drug-likeness (QED) is 0.390. The highest BCUT2D eigenvalue weighted by atomic mass is 19.4. The fourth-order valence-corrected chi connectivity index (χ4v) is 3.51. The normalized spacial score (nSPS) is 12.7. The molecular formula is C24H20F4N4O. The first kappa shape index (κ1) is 22.4. The first-order valence-corrected chi connectivity index (χ1v) is 10.3. The van der Waals surface area contributed by atoms with Gasteiger partial charge in [0, 0.05) is 11.6 Å². The number of hydrogen-bond donors (Lipinski definition) is 1. The van der Waals surface area contributed by atoms with Crippen molar-refractivity contribution < 1.29 is 22.4 Å². The van der Waals surface area contributed by atoms with E-state index in [0.717, 1.165) is 29.3 Å². The van der Waals surface area contributed by atoms with Crippen LogP contribution in [0.1, 0.15) is 46.7 Å². The summed E-state index contributed by atoms with van der Waals surface area (Å²) in [4.78, 5) is 17.1. The van der Waals surface area contributed by atoms with Crippen molar-refractivity contribution in [3.63, 3.8) is 0 Å². The molecule has 33 heavy (non-hydrogen) atoms. The van der Waals surface area contributed by atoms with Gasteiger partial charge in [-0.3, -0.25) is 4.79 Å². The second-order valence-corrected chi connectivity index (χ2v) is 7.68. The summed E-state index contributed by atoms with van der Waals surface area (Å²) < 4.78 is 55.1. The van der Waals surface area contributed by atoms with Crippen LogP contribution in [0, 0.1) is 12.7 Å². The van der Waals surface area contributed by atoms with Gasteiger partial charge in [0.05, 0.1) is 11.7 Å². The Morgan fingerprint density at radius 2 is 1.73 bits per heavy atom. The van der Waals surface area contributed by atoms with Crippen molar-refractivity contribution in [3.05, 3.63) is 89.0 Å². The van der Waals surface area contributed by atoms with E-state index in [2.05, 4.69) is 15.4 Å². The molecule has 1 N–H and O–H groups in total. The summed E-state index contributed by atoms with van der Waals surface area (Å²) in [6.45, 7) is 3.85. The van der Waals surface area contributed by atoms with Gasteiger partial charge in [-0.2, -0.15) is 18.3 Å². The van der Waals surface area contributed by atoms with Crippen molar-refractivity contribution in [2.45, 2.75) is 32.5 Å². The Hall–Kier alpha value is -3.75. The molecule has 2 aromatic carbocycles. The van der Waals surface area contributed by atoms with Crippen molar-refractivity contribution in [2.75, 3.05) is 0 Å². The molecule has 2 aromatic heterocycles. The number of rotatable bonds is 5. The molecule has 170 valence electrons. The second kappa shape index (κ2) is 8.65. The predicted molar refractivity (Wildman–Crippen MR) is 115 cm³/mol. The van der Waals surface area contributed by atoms with Gasteiger partial charge in [0.15, 0.2) is 17.0 Å². The first-order valence-electron chi connectivity index (χ1n) is 10.3. The van der Waals surface area contributed by atoms with Crippen LogP contribution in [-0.2, 0) is 6.18 Å². The van der Waals surface area contributed by atoms with E-state index in [-0.39, 0.29) is 23.1 Å². The Bertz CT molecular complexity index is 1300. The highest BCUT2D eigenvalue weighted by Crippen LogP contribution is 2.32. The number of carbonyl (C=O) groups excluding carboxylic acids is 1. The SMILES string of the molecule is CCC(NC(=O)c1cc2nc(-c3ccc(F)cc3)cc(C(F)(F)F)n2n1)c1ccc(C)cc1. The Morgan fingerprint density at radius 1 is 1.06 bits per heavy atom. The Kier molecular flexibility index (Phi) is 5.88. The molecule has 0 fully saturated rings. The number of amides is 1. The van der Waals surface area contributed by atoms with Gasteiger partial charge in [0.1, 0.15) is 5.82 Å². The van der Waals surface area contributed by atoms with Crippen LogP contribution in [0.4, 0.5) is 17.6 Å². The van der Waals surface area contributed by atoms with E-state index in [4.69, 9.17) is 0 Å². The van der Waals surface area contributed by atoms with Crippen LogP contribution >= 0.6 is 0 Å². The first-order chi connectivity index (χ1) is 15.7. The average molecular weight is 456 g/mol. The van der Waals surface area contributed by atoms with Gasteiger partial charge in [-0.25, -0.2) is 13.9 Å². The van der Waals surface area contributed by atoms with E-state index in [0.29, 0.717) is 16.5 Å². The summed E-state index contributed by atoms with van der Waals surface area (Å²) in [6, 6.07) is 14.3. The highest BCUT2D eigenvalue weighted by molar-refractivity contribution is 5.93. The topological polar surface area (TPSA) is 59.3 Å². The van der Waals surface area contributed by atoms with Gasteiger partial charge in [0.25, 0.3) is 5.91 Å². The largest absolute Gasteiger partial charge is 0.433 e. The Balaban J connectivity index is 1.72. The number of nitrogens with zero attached hydrogens (tertiary/aromatic N) is 3. The number of aromatic nitrogens is 3. The van der Waals surface area contributed by atoms with Crippen molar-refractivity contribution in [1.82, 2.24) is 19.9 Å². The summed E-state index contributed by atoms with van der Waals surface area (Å²) >= 11 is 0. The van der Waals surface area contributed by atoms with Crippen LogP contribution in [0.2, 0.25) is 0 Å². The third-order valence-corrected chi connectivity index (χ3v) is 5.28. The maximum Gasteiger partial charge on any atom is 0.433 e. The number of halogens is 4. The van der Waals surface area contributed by atoms with Crippen LogP contribution in [-0.4, -0.2) is 20.5 Å². The second-order valence-electron chi connectivity index (χ2n) is 7.68. The summed E-state index contributed by atoms with van der Waals surface area (Å²) in [5.41, 5.74) is 0.842. The zero-order valence-electron chi connectivity index (χ0n) is 17.8. The van der Waals surface area contributed by atoms with Crippen LogP contribution in [0.5, 0.6) is 0 Å². The minimum absolute atomic E-state index is 0.00669. The lowest BCUT2D eigenvalue weighted by atomic mass is 10.0. The lowest BCUT2D eigenvalue weighted by Crippen LogP contribution is -2.28. The molecule has 9 heteroatoms. The van der Waals surface area contributed by atoms with Gasteiger partial charge in [0.2, 0.25) is 0 Å². The van der Waals surface area contributed by atoms with E-state index in [1.165, 1.54) is 18.2 Å². The summed E-state index contributed by atoms with van der Waals surface area (Å²) in [5.74, 6) is -1.12. The average Bonchev–Trinajstić information content (AvgIpc) is 3.21. The third kappa shape index (κ3) is 4.72. The van der Waals surface area contributed by atoms with E-state index >= 15 is 0 Å². The van der Waals surface area contributed by atoms with Crippen LogP contribution < -0.4 is 5.32 Å². The van der Waals surface area contributed by atoms with Gasteiger partial charge >= 0.3 is 6.18 Å². The minimum atomic E-state index is -4.75. The molecule has 0 saturated heterocycles. The van der Waals surface area contributed by atoms with Crippen molar-refractivity contribution in [3.8, 4) is 11.3 Å². The number of benzene rings is 2. The van der Waals surface area contributed by atoms with E-state index in [9.17, 15) is 22.4 Å². The smallest absolute Gasteiger partial charge is 0.344 e. The lowest BCUT2D eigenvalue weighted by Gasteiger charge is -2.17. The number of carbonyl (C=O) groups is 1. The molecule has 4 aromatic rings. The monoisotopic (exact) mass is 456 g/mol. The summed E-state index contributed by atoms with van der Waals surface area (Å²) in [6.07, 6.45) is -4.16. The zero-order chi connectivity index (χ0) is 23.8. The molecule has 1 amide bonds. The molecule has 0 aliphatic rings. The zero-order valence-corrected chi connectivity index (χ0v) is 17.8. The third-order valence-electron chi connectivity index (χ3n) is 5.28. The van der Waals surface area contributed by atoms with Crippen molar-refractivity contribution in [2.24, 2.45) is 0 Å². The molecule has 0 bridgehead atoms. The number of nitrogens with one attached hydrogen (secondary N) is 1. The Labute approximate surface area is 187 Å². The van der Waals surface area contributed by atoms with Crippen LogP contribution in [0.25, 0.3) is 16.9 Å². The van der Waals surface area contributed by atoms with Gasteiger partial charge in [-0.05, 0) is 49.2 Å². The lowest BCUT2D eigenvalue weighted by molar-refractivity contribution is -0.142. The van der Waals surface area contributed by atoms with Gasteiger partial charge in [-0.1, -0.05) is 36.8 Å². The van der Waals surface area contributed by atoms with Crippen molar-refractivity contribution in [1.29, 1.82) is 0 Å². The number of hydrogen-bond acceptors (Lipinski definition) is 3. The van der Waals surface area contributed by atoms with E-state index in [1.54, 1.807) is 0 Å². The predicted octanol–water partition coefficient (Wildman–Crippen LogP) is 5.74. The molecule has 4 rings (SSSR count). The number of aryl methyl sites for hydroxylation is 1. The summed E-state index contributed by atoms with van der Waals surface area (Å²) in [7, 11) is 0. The van der Waals surface area contributed by atoms with E-state index < -0.39 is 23.6 Å². The molecule has 5 nitrogen and oxygen atoms in total. The van der Waals surface area contributed by atoms with Gasteiger partial charge in [-0.15, -0.1) is 0 Å². The number of alkyl halides is 3. The molecule has 0 aliphatic carbocycles. The summed E-state index contributed by atoms with van der Waals surface area (Å²) in [5, 5.41) is 6.71. The van der Waals surface area contributed by atoms with Crippen LogP contribution in [0.3, 0.4) is 0 Å². The fourth-order valence-electron chi connectivity index (χ4n) is 3.51. The molecule has 2 heterocycles. The molecule has 1 unspecified atom stereocenters. The highest BCUT2D eigenvalue weighted by Gasteiger charge is 2.35. The number of fused-ring (bicyclic) bond motifs is 1. The maximum atomic E-state index is 13.8. The molecule has 1 atom stereocenters. The van der Waals surface area contributed by atoms with Crippen molar-refractivity contribution >= 4 is 11.6 Å². The van der Waals surface area contributed by atoms with Gasteiger partial charge < -0.3 is 5.32 Å². The Morgan fingerprint density at radius 3 is 2.33 bits per heavy atom. The van der Waals surface area contributed by atoms with E-state index in [1.807, 2.05) is 38.1 Å². The maximum absolute atomic E-state index is 13.8.